The minimum Gasteiger partial charge on any atom is -0.361 e. The van der Waals surface area contributed by atoms with E-state index in [1.54, 1.807) is 6.92 Å². The number of rotatable bonds is 17. The molecule has 35 heavy (non-hydrogen) atoms. The van der Waals surface area contributed by atoms with Crippen LogP contribution in [-0.2, 0) is 34.7 Å². The van der Waals surface area contributed by atoms with Gasteiger partial charge in [-0.05, 0) is 38.0 Å². The van der Waals surface area contributed by atoms with Crippen molar-refractivity contribution in [3.63, 3.8) is 0 Å². The van der Waals surface area contributed by atoms with Crippen LogP contribution in [0.4, 0.5) is 0 Å². The molecule has 1 fully saturated rings. The van der Waals surface area contributed by atoms with Gasteiger partial charge in [0.25, 0.3) is 0 Å². The maximum absolute atomic E-state index is 13.2. The van der Waals surface area contributed by atoms with Crippen molar-refractivity contribution in [2.24, 2.45) is 11.8 Å². The molecule has 0 radical (unpaired) electrons. The molecule has 0 aromatic heterocycles. The summed E-state index contributed by atoms with van der Waals surface area (Å²) in [6.07, 6.45) is 5.11. The van der Waals surface area contributed by atoms with Gasteiger partial charge in [0.15, 0.2) is 5.78 Å². The Morgan fingerprint density at radius 1 is 0.971 bits per heavy atom. The van der Waals surface area contributed by atoms with Crippen LogP contribution in [0, 0.1) is 11.8 Å². The van der Waals surface area contributed by atoms with Gasteiger partial charge in [-0.15, -0.1) is 0 Å². The first-order valence-electron chi connectivity index (χ1n) is 12.7. The summed E-state index contributed by atoms with van der Waals surface area (Å²) in [5.74, 6) is -1.23. The molecule has 0 bridgehead atoms. The van der Waals surface area contributed by atoms with Gasteiger partial charge in [0, 0.05) is 29.2 Å². The molecular weight excluding hydrogens is 470 g/mol. The van der Waals surface area contributed by atoms with Gasteiger partial charge in [0.05, 0.1) is 12.6 Å². The van der Waals surface area contributed by atoms with E-state index in [0.717, 1.165) is 19.3 Å². The van der Waals surface area contributed by atoms with Crippen LogP contribution in [0.1, 0.15) is 80.1 Å². The lowest BCUT2D eigenvalue weighted by molar-refractivity contribution is -0.135. The lowest BCUT2D eigenvalue weighted by Gasteiger charge is -2.27. The molecule has 1 aliphatic heterocycles. The number of carbonyl (C=O) groups excluding carboxylic acids is 4. The van der Waals surface area contributed by atoms with Crippen LogP contribution in [-0.4, -0.2) is 70.1 Å². The topological polar surface area (TPSA) is 134 Å². The van der Waals surface area contributed by atoms with Crippen molar-refractivity contribution in [2.45, 2.75) is 104 Å². The molecular formula is C25H45N3O6S. The predicted octanol–water partition coefficient (Wildman–Crippen LogP) is 1.85. The van der Waals surface area contributed by atoms with Crippen molar-refractivity contribution >= 4 is 34.3 Å². The zero-order chi connectivity index (χ0) is 26.8. The normalized spacial score (nSPS) is 20.6. The van der Waals surface area contributed by atoms with E-state index in [2.05, 4.69) is 16.0 Å². The second-order valence-corrected chi connectivity index (χ2v) is 12.0. The maximum Gasteiger partial charge on any atom is 0.243 e. The molecule has 0 aromatic rings. The molecule has 3 N–H and O–H groups in total. The summed E-state index contributed by atoms with van der Waals surface area (Å²) in [5, 5.41) is 8.32. The molecule has 1 unspecified atom stereocenters. The largest absolute Gasteiger partial charge is 0.361 e. The summed E-state index contributed by atoms with van der Waals surface area (Å²) in [5.41, 5.74) is -0.888. The van der Waals surface area contributed by atoms with Gasteiger partial charge in [0.1, 0.15) is 17.7 Å². The van der Waals surface area contributed by atoms with Crippen LogP contribution >= 0.6 is 0 Å². The minimum absolute atomic E-state index is 0.145. The van der Waals surface area contributed by atoms with E-state index >= 15 is 0 Å². The van der Waals surface area contributed by atoms with Crippen LogP contribution in [0.25, 0.3) is 0 Å². The smallest absolute Gasteiger partial charge is 0.243 e. The maximum atomic E-state index is 13.2. The van der Waals surface area contributed by atoms with Gasteiger partial charge in [-0.3, -0.25) is 23.4 Å². The number of ether oxygens (including phenoxy) is 1. The summed E-state index contributed by atoms with van der Waals surface area (Å²) < 4.78 is 17.0. The fourth-order valence-corrected chi connectivity index (χ4v) is 4.29. The lowest BCUT2D eigenvalue weighted by Crippen LogP contribution is -2.58. The van der Waals surface area contributed by atoms with Crippen LogP contribution in [0.3, 0.4) is 0 Å². The Hall–Kier alpha value is -1.81. The summed E-state index contributed by atoms with van der Waals surface area (Å²) in [7, 11) is -1.17. The summed E-state index contributed by atoms with van der Waals surface area (Å²) in [6.45, 7) is 11.6. The number of nitrogens with one attached hydrogen (secondary N) is 3. The van der Waals surface area contributed by atoms with Gasteiger partial charge in [-0.2, -0.15) is 0 Å². The number of carbonyl (C=O) groups is 4. The monoisotopic (exact) mass is 515 g/mol. The molecule has 202 valence electrons. The van der Waals surface area contributed by atoms with Crippen LogP contribution < -0.4 is 16.0 Å². The van der Waals surface area contributed by atoms with E-state index in [4.69, 9.17) is 4.74 Å². The highest BCUT2D eigenvalue weighted by molar-refractivity contribution is 7.84. The zero-order valence-corrected chi connectivity index (χ0v) is 23.2. The molecule has 10 heteroatoms. The molecule has 0 aromatic carbocycles. The standard InChI is InChI=1S/C25H45N3O6S/c1-8-9-10-11-20(29)28-21(17(4)5)24(32)26-18(12-13-35(7)33)23(31)27-19(14-16(2)3)22(30)25(6)15-34-25/h16-19,21H,8-15H2,1-7H3,(H,26,32)(H,27,31)(H,28,29)/t18-,19-,21?,25+,35-/m0/s1. The Morgan fingerprint density at radius 2 is 1.57 bits per heavy atom. The van der Waals surface area contributed by atoms with Crippen molar-refractivity contribution in [3.8, 4) is 0 Å². The Morgan fingerprint density at radius 3 is 2.06 bits per heavy atom. The van der Waals surface area contributed by atoms with Crippen LogP contribution in [0.15, 0.2) is 0 Å². The van der Waals surface area contributed by atoms with E-state index in [9.17, 15) is 23.4 Å². The molecule has 0 spiro atoms. The van der Waals surface area contributed by atoms with Crippen molar-refractivity contribution in [1.29, 1.82) is 0 Å². The molecule has 1 aliphatic rings. The van der Waals surface area contributed by atoms with Crippen molar-refractivity contribution < 1.29 is 28.1 Å². The first-order chi connectivity index (χ1) is 16.3. The van der Waals surface area contributed by atoms with E-state index in [-0.39, 0.29) is 35.7 Å². The third-order valence-corrected chi connectivity index (χ3v) is 6.85. The third-order valence-electron chi connectivity index (χ3n) is 6.04. The van der Waals surface area contributed by atoms with Crippen molar-refractivity contribution in [1.82, 2.24) is 16.0 Å². The fraction of sp³-hybridized carbons (Fsp3) is 0.840. The quantitative estimate of drug-likeness (QED) is 0.200. The molecule has 1 heterocycles. The molecule has 9 nitrogen and oxygen atoms in total. The molecule has 1 rings (SSSR count). The lowest BCUT2D eigenvalue weighted by atomic mass is 9.93. The predicted molar refractivity (Wildman–Crippen MR) is 137 cm³/mol. The van der Waals surface area contributed by atoms with Crippen LogP contribution in [0.2, 0.25) is 0 Å². The summed E-state index contributed by atoms with van der Waals surface area (Å²) in [6, 6.07) is -2.54. The van der Waals surface area contributed by atoms with Crippen molar-refractivity contribution in [3.05, 3.63) is 0 Å². The van der Waals surface area contributed by atoms with Crippen molar-refractivity contribution in [2.75, 3.05) is 18.6 Å². The molecule has 3 amide bonds. The number of Topliss-reactive ketones (excluding diaryl/α,β-unsaturated/α-hetero) is 1. The van der Waals surface area contributed by atoms with Gasteiger partial charge in [-0.25, -0.2) is 0 Å². The fourth-order valence-electron chi connectivity index (χ4n) is 3.72. The number of hydrogen-bond donors (Lipinski definition) is 3. The molecule has 0 saturated carbocycles. The van der Waals surface area contributed by atoms with Gasteiger partial charge in [-0.1, -0.05) is 47.5 Å². The van der Waals surface area contributed by atoms with Gasteiger partial charge >= 0.3 is 0 Å². The van der Waals surface area contributed by atoms with Gasteiger partial charge < -0.3 is 20.7 Å². The molecule has 1 saturated heterocycles. The third kappa shape index (κ3) is 11.2. The van der Waals surface area contributed by atoms with E-state index in [0.29, 0.717) is 19.4 Å². The molecule has 0 aliphatic carbocycles. The Bertz CT molecular complexity index is 766. The van der Waals surface area contributed by atoms with E-state index in [1.165, 1.54) is 6.26 Å². The first-order valence-corrected chi connectivity index (χ1v) is 14.4. The van der Waals surface area contributed by atoms with Crippen LogP contribution in [0.5, 0.6) is 0 Å². The Balaban J connectivity index is 2.95. The average Bonchev–Trinajstić information content (AvgIpc) is 3.51. The van der Waals surface area contributed by atoms with E-state index in [1.807, 2.05) is 34.6 Å². The summed E-state index contributed by atoms with van der Waals surface area (Å²) >= 11 is 0. The minimum atomic E-state index is -1.17. The summed E-state index contributed by atoms with van der Waals surface area (Å²) in [4.78, 5) is 51.6. The highest BCUT2D eigenvalue weighted by Crippen LogP contribution is 2.29. The number of unbranched alkanes of at least 4 members (excludes halogenated alkanes) is 2. The number of amides is 3. The first kappa shape index (κ1) is 31.2. The number of hydrogen-bond acceptors (Lipinski definition) is 6. The van der Waals surface area contributed by atoms with Gasteiger partial charge in [0.2, 0.25) is 17.7 Å². The number of ketones is 1. The zero-order valence-electron chi connectivity index (χ0n) is 22.4. The Kier molecular flexibility index (Phi) is 13.1. The highest BCUT2D eigenvalue weighted by Gasteiger charge is 2.50. The molecule has 5 atom stereocenters. The second-order valence-electron chi connectivity index (χ2n) is 10.4. The Labute approximate surface area is 212 Å². The van der Waals surface area contributed by atoms with E-state index < -0.39 is 46.3 Å². The highest BCUT2D eigenvalue weighted by atomic mass is 32.2. The number of epoxide rings is 1. The second kappa shape index (κ2) is 14.7. The SMILES string of the molecule is CCCCCC(=O)NC(C(=O)N[C@@H](CC[S@](C)=O)C(=O)N[C@@H](CC(C)C)C(=O)[C@@]1(C)CO1)C(C)C. The average molecular weight is 516 g/mol.